The van der Waals surface area contributed by atoms with Gasteiger partial charge in [0, 0.05) is 10.5 Å². The largest absolute Gasteiger partial charge is 0.394 e. The maximum absolute atomic E-state index is 12.0. The van der Waals surface area contributed by atoms with Gasteiger partial charge in [-0.2, -0.15) is 0 Å². The molecule has 0 saturated heterocycles. The lowest BCUT2D eigenvalue weighted by atomic mass is 10.1. The van der Waals surface area contributed by atoms with Gasteiger partial charge in [-0.3, -0.25) is 4.79 Å². The minimum atomic E-state index is -0.365. The molecule has 0 unspecified atom stereocenters. The molecule has 1 aromatic rings. The summed E-state index contributed by atoms with van der Waals surface area (Å²) in [5, 5.41) is 12.0. The van der Waals surface area contributed by atoms with Crippen molar-refractivity contribution < 1.29 is 9.90 Å². The topological polar surface area (TPSA) is 49.3 Å². The fourth-order valence-electron chi connectivity index (χ4n) is 1.64. The number of aryl methyl sites for hydroxylation is 1. The van der Waals surface area contributed by atoms with Crippen molar-refractivity contribution in [1.82, 2.24) is 5.32 Å². The highest BCUT2D eigenvalue weighted by Crippen LogP contribution is 2.35. The first kappa shape index (κ1) is 11.5. The molecule has 1 saturated carbocycles. The molecule has 1 aliphatic carbocycles. The number of amides is 1. The third-order valence-electron chi connectivity index (χ3n) is 3.00. The number of hydrogen-bond donors (Lipinski definition) is 3. The zero-order valence-corrected chi connectivity index (χ0v) is 10.1. The highest BCUT2D eigenvalue weighted by molar-refractivity contribution is 7.80. The van der Waals surface area contributed by atoms with Crippen LogP contribution < -0.4 is 5.32 Å². The van der Waals surface area contributed by atoms with Crippen LogP contribution in [0.15, 0.2) is 23.1 Å². The third-order valence-corrected chi connectivity index (χ3v) is 3.28. The fraction of sp³-hybridized carbons (Fsp3) is 0.417. The number of carbonyl (C=O) groups excluding carboxylic acids is 1. The molecule has 86 valence electrons. The van der Waals surface area contributed by atoms with Gasteiger partial charge in [0.25, 0.3) is 5.91 Å². The average molecular weight is 237 g/mol. The Morgan fingerprint density at radius 2 is 2.25 bits per heavy atom. The molecule has 1 aliphatic rings. The molecule has 0 atom stereocenters. The molecule has 16 heavy (non-hydrogen) atoms. The van der Waals surface area contributed by atoms with E-state index in [9.17, 15) is 4.79 Å². The molecule has 2 rings (SSSR count). The van der Waals surface area contributed by atoms with Crippen molar-refractivity contribution >= 4 is 18.5 Å². The molecular weight excluding hydrogens is 222 g/mol. The Morgan fingerprint density at radius 1 is 1.56 bits per heavy atom. The van der Waals surface area contributed by atoms with E-state index in [1.54, 1.807) is 6.07 Å². The van der Waals surface area contributed by atoms with E-state index in [1.165, 1.54) is 0 Å². The number of thiol groups is 1. The van der Waals surface area contributed by atoms with E-state index in [1.807, 2.05) is 19.1 Å². The maximum atomic E-state index is 12.0. The first-order valence-corrected chi connectivity index (χ1v) is 5.74. The van der Waals surface area contributed by atoms with E-state index >= 15 is 0 Å². The molecule has 1 fully saturated rings. The maximum Gasteiger partial charge on any atom is 0.252 e. The van der Waals surface area contributed by atoms with Gasteiger partial charge in [0.1, 0.15) is 0 Å². The van der Waals surface area contributed by atoms with Crippen LogP contribution in [0.5, 0.6) is 0 Å². The zero-order valence-electron chi connectivity index (χ0n) is 9.16. The predicted molar refractivity (Wildman–Crippen MR) is 64.9 cm³/mol. The standard InChI is InChI=1S/C12H15NO2S/c1-8-2-3-9(16)6-10(8)11(15)13-12(7-14)4-5-12/h2-3,6,14,16H,4-5,7H2,1H3,(H,13,15). The minimum Gasteiger partial charge on any atom is -0.394 e. The monoisotopic (exact) mass is 237 g/mol. The van der Waals surface area contributed by atoms with Crippen molar-refractivity contribution in [2.75, 3.05) is 6.61 Å². The summed E-state index contributed by atoms with van der Waals surface area (Å²) in [5.74, 6) is -0.125. The van der Waals surface area contributed by atoms with Crippen molar-refractivity contribution in [2.24, 2.45) is 0 Å². The molecule has 2 N–H and O–H groups in total. The van der Waals surface area contributed by atoms with Crippen molar-refractivity contribution in [2.45, 2.75) is 30.2 Å². The lowest BCUT2D eigenvalue weighted by molar-refractivity contribution is 0.0906. The molecule has 0 radical (unpaired) electrons. The number of nitrogens with one attached hydrogen (secondary N) is 1. The second-order valence-electron chi connectivity index (χ2n) is 4.39. The Hall–Kier alpha value is -1.00. The summed E-state index contributed by atoms with van der Waals surface area (Å²) >= 11 is 4.22. The summed E-state index contributed by atoms with van der Waals surface area (Å²) in [4.78, 5) is 12.7. The van der Waals surface area contributed by atoms with Gasteiger partial charge in [0.05, 0.1) is 12.1 Å². The molecule has 0 aliphatic heterocycles. The van der Waals surface area contributed by atoms with Crippen molar-refractivity contribution in [3.63, 3.8) is 0 Å². The van der Waals surface area contributed by atoms with Crippen LogP contribution >= 0.6 is 12.6 Å². The van der Waals surface area contributed by atoms with E-state index in [-0.39, 0.29) is 18.1 Å². The minimum absolute atomic E-state index is 0.0123. The van der Waals surface area contributed by atoms with Gasteiger partial charge in [-0.05, 0) is 37.5 Å². The van der Waals surface area contributed by atoms with Crippen LogP contribution in [-0.2, 0) is 0 Å². The van der Waals surface area contributed by atoms with Gasteiger partial charge >= 0.3 is 0 Å². The number of aliphatic hydroxyl groups excluding tert-OH is 1. The molecular formula is C12H15NO2S. The van der Waals surface area contributed by atoms with Crippen molar-refractivity contribution in [3.8, 4) is 0 Å². The van der Waals surface area contributed by atoms with E-state index < -0.39 is 0 Å². The summed E-state index contributed by atoms with van der Waals surface area (Å²) in [5.41, 5.74) is 1.19. The van der Waals surface area contributed by atoms with Crippen LogP contribution in [0.3, 0.4) is 0 Å². The lowest BCUT2D eigenvalue weighted by Crippen LogP contribution is -2.39. The quantitative estimate of drug-likeness (QED) is 0.698. The predicted octanol–water partition coefficient (Wildman–Crippen LogP) is 1.54. The van der Waals surface area contributed by atoms with Crippen LogP contribution in [0.25, 0.3) is 0 Å². The van der Waals surface area contributed by atoms with Crippen LogP contribution in [0.4, 0.5) is 0 Å². The number of hydrogen-bond acceptors (Lipinski definition) is 3. The van der Waals surface area contributed by atoms with Crippen molar-refractivity contribution in [3.05, 3.63) is 29.3 Å². The summed E-state index contributed by atoms with van der Waals surface area (Å²) in [6, 6.07) is 5.48. The molecule has 0 aromatic heterocycles. The SMILES string of the molecule is Cc1ccc(S)cc1C(=O)NC1(CO)CC1. The molecule has 1 amide bonds. The summed E-state index contributed by atoms with van der Waals surface area (Å²) < 4.78 is 0. The Bertz CT molecular complexity index is 427. The van der Waals surface area contributed by atoms with Gasteiger partial charge in [-0.15, -0.1) is 12.6 Å². The molecule has 0 spiro atoms. The highest BCUT2D eigenvalue weighted by atomic mass is 32.1. The van der Waals surface area contributed by atoms with E-state index in [0.29, 0.717) is 5.56 Å². The second-order valence-corrected chi connectivity index (χ2v) is 4.91. The average Bonchev–Trinajstić information content (AvgIpc) is 3.02. The first-order chi connectivity index (χ1) is 7.56. The zero-order chi connectivity index (χ0) is 11.8. The smallest absolute Gasteiger partial charge is 0.252 e. The first-order valence-electron chi connectivity index (χ1n) is 5.29. The summed E-state index contributed by atoms with van der Waals surface area (Å²) in [7, 11) is 0. The van der Waals surface area contributed by atoms with E-state index in [4.69, 9.17) is 5.11 Å². The molecule has 1 aromatic carbocycles. The van der Waals surface area contributed by atoms with E-state index in [0.717, 1.165) is 23.3 Å². The third kappa shape index (κ3) is 2.23. The normalized spacial score (nSPS) is 16.9. The number of rotatable bonds is 3. The Kier molecular flexibility index (Phi) is 2.95. The Labute approximate surface area is 100 Å². The highest BCUT2D eigenvalue weighted by Gasteiger charge is 2.43. The van der Waals surface area contributed by atoms with Gasteiger partial charge in [0.2, 0.25) is 0 Å². The van der Waals surface area contributed by atoms with Gasteiger partial charge in [-0.1, -0.05) is 6.07 Å². The Morgan fingerprint density at radius 3 is 2.81 bits per heavy atom. The van der Waals surface area contributed by atoms with Crippen LogP contribution in [0, 0.1) is 6.92 Å². The van der Waals surface area contributed by atoms with Gasteiger partial charge in [-0.25, -0.2) is 0 Å². The van der Waals surface area contributed by atoms with Crippen LogP contribution in [-0.4, -0.2) is 23.2 Å². The number of aliphatic hydroxyl groups is 1. The van der Waals surface area contributed by atoms with Crippen LogP contribution in [0.2, 0.25) is 0 Å². The Balaban J connectivity index is 2.17. The molecule has 0 bridgehead atoms. The fourth-order valence-corrected chi connectivity index (χ4v) is 1.84. The van der Waals surface area contributed by atoms with Crippen LogP contribution in [0.1, 0.15) is 28.8 Å². The second kappa shape index (κ2) is 4.11. The number of benzene rings is 1. The van der Waals surface area contributed by atoms with E-state index in [2.05, 4.69) is 17.9 Å². The van der Waals surface area contributed by atoms with Gasteiger partial charge in [0.15, 0.2) is 0 Å². The lowest BCUT2D eigenvalue weighted by Gasteiger charge is -2.15. The number of carbonyl (C=O) groups is 1. The van der Waals surface area contributed by atoms with Gasteiger partial charge < -0.3 is 10.4 Å². The molecule has 3 nitrogen and oxygen atoms in total. The van der Waals surface area contributed by atoms with Crippen molar-refractivity contribution in [1.29, 1.82) is 0 Å². The summed E-state index contributed by atoms with van der Waals surface area (Å²) in [6.07, 6.45) is 1.71. The summed E-state index contributed by atoms with van der Waals surface area (Å²) in [6.45, 7) is 1.90. The molecule has 4 heteroatoms. The molecule has 0 heterocycles.